The second kappa shape index (κ2) is 8.22. The van der Waals surface area contributed by atoms with Gasteiger partial charge in [0.15, 0.2) is 11.6 Å². The number of nitrogens with zero attached hydrogens (tertiary/aromatic N) is 2. The summed E-state index contributed by atoms with van der Waals surface area (Å²) in [5.74, 6) is 2.01. The summed E-state index contributed by atoms with van der Waals surface area (Å²) in [6.45, 7) is 2.98. The summed E-state index contributed by atoms with van der Waals surface area (Å²) in [6.07, 6.45) is -0.0519. The summed E-state index contributed by atoms with van der Waals surface area (Å²) in [4.78, 5) is 19.2. The summed E-state index contributed by atoms with van der Waals surface area (Å²) in [5.41, 5.74) is 7.84. The standard InChI is InChI=1S/C23H23N3O3/c1-16-8-10-18(11-9-16)28-15-5-14-26-22-19(12-13-20(24)25-22)29-21(23(26)27)17-6-3-2-4-7-17/h2-4,6-13,21H,5,14-15H2,1H3,(H2,24,25). The second-order valence-corrected chi connectivity index (χ2v) is 6.97. The minimum Gasteiger partial charge on any atom is -0.494 e. The number of amides is 1. The molecule has 0 radical (unpaired) electrons. The Kier molecular flexibility index (Phi) is 5.33. The van der Waals surface area contributed by atoms with Gasteiger partial charge in [0, 0.05) is 12.1 Å². The van der Waals surface area contributed by atoms with Crippen molar-refractivity contribution in [2.75, 3.05) is 23.8 Å². The molecule has 2 N–H and O–H groups in total. The van der Waals surface area contributed by atoms with Crippen LogP contribution in [0.3, 0.4) is 0 Å². The van der Waals surface area contributed by atoms with Crippen LogP contribution in [-0.4, -0.2) is 24.0 Å². The number of carbonyl (C=O) groups excluding carboxylic acids is 1. The van der Waals surface area contributed by atoms with Crippen LogP contribution in [0.4, 0.5) is 11.6 Å². The molecule has 148 valence electrons. The Bertz CT molecular complexity index is 990. The van der Waals surface area contributed by atoms with Crippen molar-refractivity contribution in [3.8, 4) is 11.5 Å². The third-order valence-corrected chi connectivity index (χ3v) is 4.77. The zero-order chi connectivity index (χ0) is 20.2. The Labute approximate surface area is 169 Å². The predicted octanol–water partition coefficient (Wildman–Crippen LogP) is 3.91. The molecule has 0 spiro atoms. The molecule has 1 unspecified atom stereocenters. The van der Waals surface area contributed by atoms with Gasteiger partial charge < -0.3 is 15.2 Å². The lowest BCUT2D eigenvalue weighted by Gasteiger charge is -2.33. The number of rotatable bonds is 6. The molecular weight excluding hydrogens is 366 g/mol. The van der Waals surface area contributed by atoms with Crippen LogP contribution in [0.15, 0.2) is 66.7 Å². The fourth-order valence-corrected chi connectivity index (χ4v) is 3.26. The van der Waals surface area contributed by atoms with Crippen LogP contribution >= 0.6 is 0 Å². The van der Waals surface area contributed by atoms with E-state index in [1.807, 2.05) is 61.5 Å². The number of carbonyl (C=O) groups is 1. The molecule has 0 bridgehead atoms. The van der Waals surface area contributed by atoms with E-state index in [-0.39, 0.29) is 5.91 Å². The van der Waals surface area contributed by atoms with E-state index in [1.54, 1.807) is 17.0 Å². The Morgan fingerprint density at radius 1 is 1.07 bits per heavy atom. The molecule has 6 heteroatoms. The molecular formula is C23H23N3O3. The molecule has 3 aromatic rings. The van der Waals surface area contributed by atoms with E-state index in [0.717, 1.165) is 11.3 Å². The molecule has 1 aromatic heterocycles. The third kappa shape index (κ3) is 4.16. The van der Waals surface area contributed by atoms with Gasteiger partial charge in [-0.3, -0.25) is 9.69 Å². The number of hydrogen-bond donors (Lipinski definition) is 1. The largest absolute Gasteiger partial charge is 0.494 e. The zero-order valence-electron chi connectivity index (χ0n) is 16.2. The Morgan fingerprint density at radius 2 is 1.83 bits per heavy atom. The van der Waals surface area contributed by atoms with E-state index < -0.39 is 6.10 Å². The molecule has 1 amide bonds. The summed E-state index contributed by atoms with van der Waals surface area (Å²) in [6, 6.07) is 20.8. The normalized spacial score (nSPS) is 15.6. The maximum absolute atomic E-state index is 13.2. The highest BCUT2D eigenvalue weighted by Gasteiger charge is 2.36. The Balaban J connectivity index is 1.49. The van der Waals surface area contributed by atoms with Gasteiger partial charge in [-0.25, -0.2) is 4.98 Å². The van der Waals surface area contributed by atoms with Crippen molar-refractivity contribution in [2.45, 2.75) is 19.4 Å². The maximum Gasteiger partial charge on any atom is 0.274 e. The van der Waals surface area contributed by atoms with E-state index in [9.17, 15) is 4.79 Å². The van der Waals surface area contributed by atoms with Crippen molar-refractivity contribution in [1.29, 1.82) is 0 Å². The first-order chi connectivity index (χ1) is 14.1. The van der Waals surface area contributed by atoms with Gasteiger partial charge in [0.2, 0.25) is 6.10 Å². The van der Waals surface area contributed by atoms with E-state index in [4.69, 9.17) is 15.2 Å². The molecule has 0 aliphatic carbocycles. The highest BCUT2D eigenvalue weighted by atomic mass is 16.5. The molecule has 0 fully saturated rings. The SMILES string of the molecule is Cc1ccc(OCCCN2C(=O)C(c3ccccc3)Oc3ccc(N)nc32)cc1. The van der Waals surface area contributed by atoms with Gasteiger partial charge in [0.1, 0.15) is 11.6 Å². The van der Waals surface area contributed by atoms with E-state index in [1.165, 1.54) is 5.56 Å². The maximum atomic E-state index is 13.2. The first-order valence-corrected chi connectivity index (χ1v) is 9.61. The van der Waals surface area contributed by atoms with Crippen molar-refractivity contribution >= 4 is 17.5 Å². The van der Waals surface area contributed by atoms with Crippen LogP contribution in [0.2, 0.25) is 0 Å². The number of fused-ring (bicyclic) bond motifs is 1. The van der Waals surface area contributed by atoms with Crippen LogP contribution in [0, 0.1) is 6.92 Å². The number of hydrogen-bond acceptors (Lipinski definition) is 5. The average molecular weight is 389 g/mol. The van der Waals surface area contributed by atoms with Crippen LogP contribution in [0.25, 0.3) is 0 Å². The zero-order valence-corrected chi connectivity index (χ0v) is 16.2. The first-order valence-electron chi connectivity index (χ1n) is 9.61. The average Bonchev–Trinajstić information content (AvgIpc) is 2.74. The number of anilines is 2. The van der Waals surface area contributed by atoms with Gasteiger partial charge in [0.25, 0.3) is 5.91 Å². The first kappa shape index (κ1) is 18.8. The van der Waals surface area contributed by atoms with E-state index in [0.29, 0.717) is 37.0 Å². The van der Waals surface area contributed by atoms with Gasteiger partial charge in [-0.1, -0.05) is 48.0 Å². The van der Waals surface area contributed by atoms with Gasteiger partial charge in [-0.2, -0.15) is 0 Å². The lowest BCUT2D eigenvalue weighted by molar-refractivity contribution is -0.126. The van der Waals surface area contributed by atoms with Crippen molar-refractivity contribution in [2.24, 2.45) is 0 Å². The van der Waals surface area contributed by atoms with Gasteiger partial charge in [-0.05, 0) is 37.6 Å². The minimum absolute atomic E-state index is 0.155. The molecule has 1 aliphatic rings. The number of ether oxygens (including phenoxy) is 2. The van der Waals surface area contributed by atoms with Crippen LogP contribution in [0.5, 0.6) is 11.5 Å². The fourth-order valence-electron chi connectivity index (χ4n) is 3.26. The molecule has 0 saturated heterocycles. The molecule has 4 rings (SSSR count). The highest BCUT2D eigenvalue weighted by molar-refractivity contribution is 5.99. The topological polar surface area (TPSA) is 77.7 Å². The third-order valence-electron chi connectivity index (χ3n) is 4.77. The monoisotopic (exact) mass is 389 g/mol. The lowest BCUT2D eigenvalue weighted by atomic mass is 10.1. The van der Waals surface area contributed by atoms with E-state index in [2.05, 4.69) is 4.98 Å². The van der Waals surface area contributed by atoms with Crippen LogP contribution < -0.4 is 20.1 Å². The van der Waals surface area contributed by atoms with Crippen molar-refractivity contribution in [1.82, 2.24) is 4.98 Å². The quantitative estimate of drug-likeness (QED) is 0.647. The van der Waals surface area contributed by atoms with Crippen molar-refractivity contribution in [3.63, 3.8) is 0 Å². The number of nitrogens with two attached hydrogens (primary N) is 1. The number of pyridine rings is 1. The summed E-state index contributed by atoms with van der Waals surface area (Å²) in [5, 5.41) is 0. The smallest absolute Gasteiger partial charge is 0.274 e. The predicted molar refractivity (Wildman–Crippen MR) is 112 cm³/mol. The summed E-state index contributed by atoms with van der Waals surface area (Å²) in [7, 11) is 0. The molecule has 2 aromatic carbocycles. The van der Waals surface area contributed by atoms with E-state index >= 15 is 0 Å². The fraction of sp³-hybridized carbons (Fsp3) is 0.217. The van der Waals surface area contributed by atoms with Gasteiger partial charge >= 0.3 is 0 Å². The van der Waals surface area contributed by atoms with Crippen LogP contribution in [-0.2, 0) is 4.79 Å². The molecule has 1 atom stereocenters. The number of aromatic nitrogens is 1. The minimum atomic E-state index is -0.702. The van der Waals surface area contributed by atoms with Crippen molar-refractivity contribution in [3.05, 3.63) is 77.9 Å². The molecule has 0 saturated carbocycles. The lowest BCUT2D eigenvalue weighted by Crippen LogP contribution is -2.42. The molecule has 6 nitrogen and oxygen atoms in total. The summed E-state index contributed by atoms with van der Waals surface area (Å²) >= 11 is 0. The summed E-state index contributed by atoms with van der Waals surface area (Å²) < 4.78 is 11.8. The molecule has 1 aliphatic heterocycles. The molecule has 29 heavy (non-hydrogen) atoms. The van der Waals surface area contributed by atoms with Crippen molar-refractivity contribution < 1.29 is 14.3 Å². The Hall–Kier alpha value is -3.54. The van der Waals surface area contributed by atoms with Crippen LogP contribution in [0.1, 0.15) is 23.7 Å². The second-order valence-electron chi connectivity index (χ2n) is 6.97. The Morgan fingerprint density at radius 3 is 2.59 bits per heavy atom. The highest BCUT2D eigenvalue weighted by Crippen LogP contribution is 2.38. The van der Waals surface area contributed by atoms with Gasteiger partial charge in [0.05, 0.1) is 6.61 Å². The molecule has 2 heterocycles. The number of nitrogen functional groups attached to an aromatic ring is 1. The number of benzene rings is 2. The number of aryl methyl sites for hydroxylation is 1. The van der Waals surface area contributed by atoms with Gasteiger partial charge in [-0.15, -0.1) is 0 Å².